The first-order valence-electron chi connectivity index (χ1n) is 7.56. The number of nitrogens with one attached hydrogen (secondary N) is 1. The molecule has 1 aliphatic rings. The van der Waals surface area contributed by atoms with Crippen molar-refractivity contribution < 1.29 is 4.74 Å². The minimum absolute atomic E-state index is 0.591. The van der Waals surface area contributed by atoms with Gasteiger partial charge in [0.2, 0.25) is 0 Å². The molecule has 2 heterocycles. The average molecular weight is 278 g/mol. The molecule has 0 aliphatic carbocycles. The number of nitrogens with zero attached hydrogens (tertiary/aromatic N) is 3. The highest BCUT2D eigenvalue weighted by Gasteiger charge is 2.13. The van der Waals surface area contributed by atoms with Crippen molar-refractivity contribution in [2.24, 2.45) is 5.92 Å². The highest BCUT2D eigenvalue weighted by atomic mass is 16.5. The molecule has 1 aliphatic heterocycles. The van der Waals surface area contributed by atoms with Crippen LogP contribution in [-0.4, -0.2) is 54.3 Å². The molecule has 5 nitrogen and oxygen atoms in total. The van der Waals surface area contributed by atoms with Crippen LogP contribution in [0.2, 0.25) is 0 Å². The van der Waals surface area contributed by atoms with Gasteiger partial charge in [-0.3, -0.25) is 4.90 Å². The van der Waals surface area contributed by atoms with E-state index >= 15 is 0 Å². The zero-order valence-electron chi connectivity index (χ0n) is 12.9. The minimum atomic E-state index is 0.591. The van der Waals surface area contributed by atoms with Crippen LogP contribution in [0.25, 0.3) is 0 Å². The number of hydrogen-bond donors (Lipinski definition) is 1. The van der Waals surface area contributed by atoms with E-state index in [9.17, 15) is 0 Å². The first-order chi connectivity index (χ1) is 9.67. The normalized spacial score (nSPS) is 17.9. The lowest BCUT2D eigenvalue weighted by Crippen LogP contribution is -2.40. The van der Waals surface area contributed by atoms with E-state index in [1.807, 2.05) is 6.92 Å². The van der Waals surface area contributed by atoms with Crippen molar-refractivity contribution in [3.63, 3.8) is 0 Å². The molecule has 1 aromatic rings. The first-order valence-corrected chi connectivity index (χ1v) is 7.56. The van der Waals surface area contributed by atoms with Gasteiger partial charge in [0, 0.05) is 37.9 Å². The molecular weight excluding hydrogens is 252 g/mol. The Morgan fingerprint density at radius 1 is 1.35 bits per heavy atom. The van der Waals surface area contributed by atoms with Crippen LogP contribution in [0.15, 0.2) is 6.07 Å². The lowest BCUT2D eigenvalue weighted by molar-refractivity contribution is 0.0325. The summed E-state index contributed by atoms with van der Waals surface area (Å²) in [5.74, 6) is 2.38. The summed E-state index contributed by atoms with van der Waals surface area (Å²) < 4.78 is 5.38. The van der Waals surface area contributed by atoms with E-state index in [4.69, 9.17) is 4.74 Å². The van der Waals surface area contributed by atoms with E-state index in [0.29, 0.717) is 5.92 Å². The van der Waals surface area contributed by atoms with Gasteiger partial charge in [-0.1, -0.05) is 13.8 Å². The molecule has 0 amide bonds. The highest BCUT2D eigenvalue weighted by molar-refractivity contribution is 5.36. The van der Waals surface area contributed by atoms with E-state index < -0.39 is 0 Å². The molecule has 1 unspecified atom stereocenters. The fraction of sp³-hybridized carbons (Fsp3) is 0.733. The quantitative estimate of drug-likeness (QED) is 0.859. The molecule has 0 aromatic carbocycles. The van der Waals surface area contributed by atoms with Crippen molar-refractivity contribution in [2.75, 3.05) is 44.7 Å². The van der Waals surface area contributed by atoms with Crippen molar-refractivity contribution in [1.29, 1.82) is 0 Å². The zero-order valence-corrected chi connectivity index (χ0v) is 12.9. The molecule has 112 valence electrons. The van der Waals surface area contributed by atoms with E-state index in [1.54, 1.807) is 0 Å². The summed E-state index contributed by atoms with van der Waals surface area (Å²) in [4.78, 5) is 11.3. The Morgan fingerprint density at radius 2 is 2.10 bits per heavy atom. The van der Waals surface area contributed by atoms with Gasteiger partial charge in [-0.05, 0) is 19.3 Å². The number of ether oxygens (including phenoxy) is 1. The molecule has 1 saturated heterocycles. The van der Waals surface area contributed by atoms with Crippen molar-refractivity contribution in [1.82, 2.24) is 14.9 Å². The molecule has 0 saturated carbocycles. The molecule has 1 fully saturated rings. The molecule has 1 atom stereocenters. The Kier molecular flexibility index (Phi) is 5.73. The molecule has 20 heavy (non-hydrogen) atoms. The van der Waals surface area contributed by atoms with Crippen LogP contribution in [-0.2, 0) is 11.2 Å². The third-order valence-electron chi connectivity index (χ3n) is 3.56. The topological polar surface area (TPSA) is 50.3 Å². The fourth-order valence-corrected chi connectivity index (χ4v) is 2.47. The Morgan fingerprint density at radius 3 is 2.80 bits per heavy atom. The number of aromatic nitrogens is 2. The first kappa shape index (κ1) is 15.2. The zero-order chi connectivity index (χ0) is 14.4. The molecular formula is C15H26N4O. The van der Waals surface area contributed by atoms with Crippen molar-refractivity contribution in [3.05, 3.63) is 17.6 Å². The SMILES string of the molecule is CCc1cc(NCC(C)CN2CCOCC2)nc(C)n1. The second-order valence-electron chi connectivity index (χ2n) is 5.54. The van der Waals surface area contributed by atoms with Crippen LogP contribution in [0.1, 0.15) is 25.4 Å². The molecule has 5 heteroatoms. The Bertz CT molecular complexity index is 418. The third kappa shape index (κ3) is 4.72. The molecule has 0 bridgehead atoms. The second-order valence-corrected chi connectivity index (χ2v) is 5.54. The van der Waals surface area contributed by atoms with Gasteiger partial charge in [0.1, 0.15) is 11.6 Å². The summed E-state index contributed by atoms with van der Waals surface area (Å²) >= 11 is 0. The average Bonchev–Trinajstić information content (AvgIpc) is 2.45. The van der Waals surface area contributed by atoms with Gasteiger partial charge in [-0.25, -0.2) is 9.97 Å². The van der Waals surface area contributed by atoms with E-state index in [0.717, 1.165) is 63.1 Å². The number of anilines is 1. The van der Waals surface area contributed by atoms with Crippen LogP contribution in [0, 0.1) is 12.8 Å². The van der Waals surface area contributed by atoms with Crippen LogP contribution < -0.4 is 5.32 Å². The number of aryl methyl sites for hydroxylation is 2. The fourth-order valence-electron chi connectivity index (χ4n) is 2.47. The standard InChI is InChI=1S/C15H26N4O/c1-4-14-9-15(18-13(3)17-14)16-10-12(2)11-19-5-7-20-8-6-19/h9,12H,4-8,10-11H2,1-3H3,(H,16,17,18). The lowest BCUT2D eigenvalue weighted by atomic mass is 10.1. The van der Waals surface area contributed by atoms with Crippen LogP contribution in [0.5, 0.6) is 0 Å². The number of morpholine rings is 1. The van der Waals surface area contributed by atoms with Crippen LogP contribution in [0.4, 0.5) is 5.82 Å². The summed E-state index contributed by atoms with van der Waals surface area (Å²) in [6.45, 7) is 12.2. The van der Waals surface area contributed by atoms with Gasteiger partial charge >= 0.3 is 0 Å². The van der Waals surface area contributed by atoms with E-state index in [2.05, 4.69) is 40.1 Å². The maximum atomic E-state index is 5.38. The molecule has 0 spiro atoms. The third-order valence-corrected chi connectivity index (χ3v) is 3.56. The summed E-state index contributed by atoms with van der Waals surface area (Å²) in [6.07, 6.45) is 0.946. The maximum absolute atomic E-state index is 5.38. The Balaban J connectivity index is 1.80. The summed E-state index contributed by atoms with van der Waals surface area (Å²) in [5.41, 5.74) is 1.10. The lowest BCUT2D eigenvalue weighted by Gasteiger charge is -2.29. The minimum Gasteiger partial charge on any atom is -0.379 e. The number of rotatable bonds is 6. The van der Waals surface area contributed by atoms with Crippen LogP contribution >= 0.6 is 0 Å². The monoisotopic (exact) mass is 278 g/mol. The Hall–Kier alpha value is -1.20. The summed E-state index contributed by atoms with van der Waals surface area (Å²) in [7, 11) is 0. The van der Waals surface area contributed by atoms with E-state index in [-0.39, 0.29) is 0 Å². The maximum Gasteiger partial charge on any atom is 0.129 e. The van der Waals surface area contributed by atoms with Gasteiger partial charge in [-0.15, -0.1) is 0 Å². The second kappa shape index (κ2) is 7.55. The van der Waals surface area contributed by atoms with Crippen molar-refractivity contribution >= 4 is 5.82 Å². The molecule has 1 N–H and O–H groups in total. The van der Waals surface area contributed by atoms with Gasteiger partial charge in [-0.2, -0.15) is 0 Å². The largest absolute Gasteiger partial charge is 0.379 e. The van der Waals surface area contributed by atoms with Crippen molar-refractivity contribution in [3.8, 4) is 0 Å². The number of hydrogen-bond acceptors (Lipinski definition) is 5. The molecule has 1 aromatic heterocycles. The summed E-state index contributed by atoms with van der Waals surface area (Å²) in [5, 5.41) is 3.44. The molecule has 0 radical (unpaired) electrons. The van der Waals surface area contributed by atoms with Gasteiger partial charge in [0.25, 0.3) is 0 Å². The van der Waals surface area contributed by atoms with Gasteiger partial charge in [0.15, 0.2) is 0 Å². The van der Waals surface area contributed by atoms with Gasteiger partial charge in [0.05, 0.1) is 13.2 Å². The van der Waals surface area contributed by atoms with Gasteiger partial charge < -0.3 is 10.1 Å². The Labute approximate surface area is 121 Å². The predicted molar refractivity (Wildman–Crippen MR) is 81.1 cm³/mol. The summed E-state index contributed by atoms with van der Waals surface area (Å²) in [6, 6.07) is 2.05. The predicted octanol–water partition coefficient (Wildman–Crippen LogP) is 1.73. The van der Waals surface area contributed by atoms with E-state index in [1.165, 1.54) is 0 Å². The highest BCUT2D eigenvalue weighted by Crippen LogP contribution is 2.09. The molecule has 2 rings (SSSR count). The smallest absolute Gasteiger partial charge is 0.129 e. The van der Waals surface area contributed by atoms with Crippen LogP contribution in [0.3, 0.4) is 0 Å². The van der Waals surface area contributed by atoms with Crippen molar-refractivity contribution in [2.45, 2.75) is 27.2 Å².